The van der Waals surface area contributed by atoms with Gasteiger partial charge >= 0.3 is 0 Å². The fraction of sp³-hybridized carbons (Fsp3) is 0.474. The number of benzene rings is 1. The van der Waals surface area contributed by atoms with Gasteiger partial charge in [0.1, 0.15) is 17.5 Å². The van der Waals surface area contributed by atoms with Crippen molar-refractivity contribution in [3.05, 3.63) is 41.6 Å². The summed E-state index contributed by atoms with van der Waals surface area (Å²) in [5.74, 6) is -0.840. The molecule has 2 saturated heterocycles. The normalized spacial score (nSPS) is 18.6. The molecule has 2 aromatic rings. The highest BCUT2D eigenvalue weighted by Crippen LogP contribution is 2.25. The van der Waals surface area contributed by atoms with Crippen molar-refractivity contribution in [2.24, 2.45) is 0 Å². The van der Waals surface area contributed by atoms with E-state index in [0.29, 0.717) is 51.2 Å². The third kappa shape index (κ3) is 4.09. The third-order valence-electron chi connectivity index (χ3n) is 5.20. The second kappa shape index (κ2) is 8.40. The van der Waals surface area contributed by atoms with Crippen molar-refractivity contribution in [2.75, 3.05) is 62.3 Å². The summed E-state index contributed by atoms with van der Waals surface area (Å²) in [6.07, 6.45) is 0. The summed E-state index contributed by atoms with van der Waals surface area (Å²) < 4.78 is 60.1. The van der Waals surface area contributed by atoms with Gasteiger partial charge < -0.3 is 14.5 Å². The largest absolute Gasteiger partial charge is 0.378 e. The van der Waals surface area contributed by atoms with Crippen molar-refractivity contribution in [1.29, 1.82) is 0 Å². The first-order valence-electron chi connectivity index (χ1n) is 9.74. The van der Waals surface area contributed by atoms with Crippen LogP contribution in [0.3, 0.4) is 0 Å². The highest BCUT2D eigenvalue weighted by Gasteiger charge is 2.33. The van der Waals surface area contributed by atoms with E-state index in [4.69, 9.17) is 4.74 Å². The smallest absolute Gasteiger partial charge is 0.249 e. The fourth-order valence-electron chi connectivity index (χ4n) is 3.62. The third-order valence-corrected chi connectivity index (χ3v) is 7.15. The van der Waals surface area contributed by atoms with Gasteiger partial charge in [-0.05, 0) is 19.1 Å². The van der Waals surface area contributed by atoms with Gasteiger partial charge in [-0.3, -0.25) is 0 Å². The van der Waals surface area contributed by atoms with E-state index in [1.807, 2.05) is 17.9 Å². The van der Waals surface area contributed by atoms with Crippen molar-refractivity contribution < 1.29 is 21.9 Å². The molecule has 0 atom stereocenters. The number of anilines is 2. The highest BCUT2D eigenvalue weighted by molar-refractivity contribution is 7.89. The second-order valence-electron chi connectivity index (χ2n) is 7.21. The molecule has 2 aliphatic rings. The van der Waals surface area contributed by atoms with Crippen molar-refractivity contribution >= 4 is 21.8 Å². The number of hydrogen-bond donors (Lipinski definition) is 0. The minimum absolute atomic E-state index is 0.103. The summed E-state index contributed by atoms with van der Waals surface area (Å²) in [5.41, 5.74) is 0.810. The van der Waals surface area contributed by atoms with E-state index in [1.54, 1.807) is 0 Å². The van der Waals surface area contributed by atoms with Crippen LogP contribution in [0.25, 0.3) is 0 Å². The molecule has 4 rings (SSSR count). The van der Waals surface area contributed by atoms with Gasteiger partial charge in [0.05, 0.1) is 13.2 Å². The minimum Gasteiger partial charge on any atom is -0.378 e. The summed E-state index contributed by atoms with van der Waals surface area (Å²) >= 11 is 0. The number of ether oxygens (including phenoxy) is 1. The Kier molecular flexibility index (Phi) is 5.85. The van der Waals surface area contributed by atoms with Crippen LogP contribution in [0.4, 0.5) is 20.5 Å². The van der Waals surface area contributed by atoms with Gasteiger partial charge in [-0.1, -0.05) is 6.07 Å². The lowest BCUT2D eigenvalue weighted by atomic mass is 10.3. The van der Waals surface area contributed by atoms with Gasteiger partial charge in [-0.25, -0.2) is 22.2 Å². The highest BCUT2D eigenvalue weighted by atomic mass is 32.2. The zero-order chi connectivity index (χ0) is 21.3. The van der Waals surface area contributed by atoms with Crippen LogP contribution < -0.4 is 9.80 Å². The van der Waals surface area contributed by atoms with E-state index in [2.05, 4.69) is 14.9 Å². The van der Waals surface area contributed by atoms with E-state index in [0.717, 1.165) is 28.2 Å². The van der Waals surface area contributed by atoms with Gasteiger partial charge in [0.15, 0.2) is 4.90 Å². The molecule has 30 heavy (non-hydrogen) atoms. The van der Waals surface area contributed by atoms with Crippen LogP contribution in [0.2, 0.25) is 0 Å². The maximum absolute atomic E-state index is 14.0. The van der Waals surface area contributed by atoms with Crippen LogP contribution in [-0.4, -0.2) is 75.2 Å². The Bertz CT molecular complexity index is 1000. The molecule has 1 aromatic carbocycles. The molecule has 0 bridgehead atoms. The Labute approximate surface area is 174 Å². The van der Waals surface area contributed by atoms with Crippen LogP contribution in [0.1, 0.15) is 5.69 Å². The first kappa shape index (κ1) is 20.9. The molecule has 2 aliphatic heterocycles. The topological polar surface area (TPSA) is 78.9 Å². The number of aromatic nitrogens is 2. The van der Waals surface area contributed by atoms with Crippen LogP contribution in [0.5, 0.6) is 0 Å². The number of morpholine rings is 1. The van der Waals surface area contributed by atoms with E-state index >= 15 is 0 Å². The van der Waals surface area contributed by atoms with E-state index in [9.17, 15) is 17.2 Å². The molecule has 2 fully saturated rings. The SMILES string of the molecule is Cc1cc(N2CCN(S(=O)(=O)c3c(F)cccc3F)CC2)nc(N2CCOCC2)n1. The molecule has 3 heterocycles. The number of rotatable bonds is 4. The van der Waals surface area contributed by atoms with Gasteiger partial charge in [0.2, 0.25) is 16.0 Å². The van der Waals surface area contributed by atoms with Crippen LogP contribution in [0, 0.1) is 18.6 Å². The van der Waals surface area contributed by atoms with E-state index in [-0.39, 0.29) is 13.1 Å². The Balaban J connectivity index is 1.50. The van der Waals surface area contributed by atoms with Crippen molar-refractivity contribution in [3.63, 3.8) is 0 Å². The average molecular weight is 439 g/mol. The second-order valence-corrected chi connectivity index (χ2v) is 9.08. The van der Waals surface area contributed by atoms with Crippen molar-refractivity contribution in [1.82, 2.24) is 14.3 Å². The predicted molar refractivity (Wildman–Crippen MR) is 107 cm³/mol. The lowest BCUT2D eigenvalue weighted by Gasteiger charge is -2.35. The molecule has 11 heteroatoms. The van der Waals surface area contributed by atoms with Gasteiger partial charge in [0.25, 0.3) is 0 Å². The van der Waals surface area contributed by atoms with Crippen LogP contribution >= 0.6 is 0 Å². The monoisotopic (exact) mass is 439 g/mol. The first-order chi connectivity index (χ1) is 14.4. The lowest BCUT2D eigenvalue weighted by Crippen LogP contribution is -2.49. The summed E-state index contributed by atoms with van der Waals surface area (Å²) in [5, 5.41) is 0. The zero-order valence-electron chi connectivity index (χ0n) is 16.6. The summed E-state index contributed by atoms with van der Waals surface area (Å²) in [7, 11) is -4.26. The standard InChI is InChI=1S/C19H23F2N5O3S/c1-14-13-17(23-19(22-14)25-9-11-29-12-10-25)24-5-7-26(8-6-24)30(27,28)18-15(20)3-2-4-16(18)21/h2-4,13H,5-12H2,1H3. The van der Waals surface area contributed by atoms with Crippen LogP contribution in [-0.2, 0) is 14.8 Å². The van der Waals surface area contributed by atoms with E-state index in [1.165, 1.54) is 0 Å². The van der Waals surface area contributed by atoms with Gasteiger partial charge in [-0.2, -0.15) is 9.29 Å². The molecule has 162 valence electrons. The zero-order valence-corrected chi connectivity index (χ0v) is 17.4. The summed E-state index contributed by atoms with van der Waals surface area (Å²) in [4.78, 5) is 12.3. The van der Waals surface area contributed by atoms with Gasteiger partial charge in [0, 0.05) is 51.0 Å². The lowest BCUT2D eigenvalue weighted by molar-refractivity contribution is 0.122. The molecule has 0 amide bonds. The van der Waals surface area contributed by atoms with Crippen LogP contribution in [0.15, 0.2) is 29.2 Å². The molecule has 0 N–H and O–H groups in total. The number of halogens is 2. The Morgan fingerprint density at radius 3 is 2.20 bits per heavy atom. The summed E-state index contributed by atoms with van der Waals surface area (Å²) in [6, 6.07) is 4.89. The molecule has 0 unspecified atom stereocenters. The summed E-state index contributed by atoms with van der Waals surface area (Å²) in [6.45, 7) is 5.47. The molecule has 0 aliphatic carbocycles. The maximum atomic E-state index is 14.0. The minimum atomic E-state index is -4.26. The molecular weight excluding hydrogens is 416 g/mol. The number of hydrogen-bond acceptors (Lipinski definition) is 7. The van der Waals surface area contributed by atoms with Crippen molar-refractivity contribution in [3.8, 4) is 0 Å². The molecule has 1 aromatic heterocycles. The number of nitrogens with zero attached hydrogens (tertiary/aromatic N) is 5. The molecular formula is C19H23F2N5O3S. The number of piperazine rings is 1. The molecule has 8 nitrogen and oxygen atoms in total. The van der Waals surface area contributed by atoms with Gasteiger partial charge in [-0.15, -0.1) is 0 Å². The predicted octanol–water partition coefficient (Wildman–Crippen LogP) is 1.41. The fourth-order valence-corrected chi connectivity index (χ4v) is 5.15. The Hall–Kier alpha value is -2.37. The molecule has 0 saturated carbocycles. The Morgan fingerprint density at radius 2 is 1.57 bits per heavy atom. The molecule has 0 radical (unpaired) electrons. The number of aryl methyl sites for hydroxylation is 1. The van der Waals surface area contributed by atoms with E-state index < -0.39 is 26.6 Å². The average Bonchev–Trinajstić information content (AvgIpc) is 2.74. The first-order valence-corrected chi connectivity index (χ1v) is 11.2. The Morgan fingerprint density at radius 1 is 0.933 bits per heavy atom. The quantitative estimate of drug-likeness (QED) is 0.713. The molecule has 0 spiro atoms. The van der Waals surface area contributed by atoms with Crippen molar-refractivity contribution in [2.45, 2.75) is 11.8 Å². The number of sulfonamides is 1. The maximum Gasteiger partial charge on any atom is 0.249 e.